The zero-order chi connectivity index (χ0) is 25.4. The smallest absolute Gasteiger partial charge is 0.343 e. The van der Waals surface area contributed by atoms with Gasteiger partial charge in [0.1, 0.15) is 0 Å². The Kier molecular flexibility index (Phi) is 11.8. The number of rotatable bonds is 8. The molecule has 1 aromatic carbocycles. The Balaban J connectivity index is 3.47. The van der Waals surface area contributed by atoms with Crippen LogP contribution in [0.4, 0.5) is 0 Å². The van der Waals surface area contributed by atoms with Gasteiger partial charge in [0, 0.05) is 21.5 Å². The van der Waals surface area contributed by atoms with Gasteiger partial charge in [0.25, 0.3) is 0 Å². The average molecular weight is 918 g/mol. The van der Waals surface area contributed by atoms with Crippen LogP contribution in [0.1, 0.15) is 48.4 Å². The molecule has 0 saturated heterocycles. The highest BCUT2D eigenvalue weighted by Crippen LogP contribution is 2.50. The Bertz CT molecular complexity index is 819. The summed E-state index contributed by atoms with van der Waals surface area (Å²) in [6.45, 7) is 7.34. The molecule has 0 aromatic heterocycles. The summed E-state index contributed by atoms with van der Waals surface area (Å²) in [6.07, 6.45) is 0. The standard InChI is InChI=1S/C18H16Br6Cl4O4/c1-15(2,5-19)17(21,22)31-13(29)7-9(25)11(27)8(12(28)10(7)26)14(30)32-18(23,24)16(3,4)6-20/h5-6H2,1-4H3. The lowest BCUT2D eigenvalue weighted by atomic mass is 9.98. The molecule has 0 aliphatic carbocycles. The van der Waals surface area contributed by atoms with Crippen molar-refractivity contribution in [2.45, 2.75) is 34.5 Å². The molecule has 0 radical (unpaired) electrons. The maximum Gasteiger partial charge on any atom is 0.343 e. The van der Waals surface area contributed by atoms with Gasteiger partial charge in [0.05, 0.1) is 31.2 Å². The first-order chi connectivity index (χ1) is 14.3. The van der Waals surface area contributed by atoms with E-state index in [-0.39, 0.29) is 31.2 Å². The van der Waals surface area contributed by atoms with Crippen LogP contribution in [0.2, 0.25) is 20.1 Å². The zero-order valence-corrected chi connectivity index (χ0v) is 29.4. The summed E-state index contributed by atoms with van der Waals surface area (Å²) in [4.78, 5) is 25.9. The summed E-state index contributed by atoms with van der Waals surface area (Å²) in [6, 6.07) is 0. The van der Waals surface area contributed by atoms with Crippen molar-refractivity contribution in [1.29, 1.82) is 0 Å². The van der Waals surface area contributed by atoms with Gasteiger partial charge in [0.15, 0.2) is 0 Å². The molecule has 1 aromatic rings. The Hall–Kier alpha value is 2.20. The van der Waals surface area contributed by atoms with Gasteiger partial charge in [-0.25, -0.2) is 9.59 Å². The van der Waals surface area contributed by atoms with Gasteiger partial charge < -0.3 is 9.47 Å². The van der Waals surface area contributed by atoms with E-state index in [1.165, 1.54) is 0 Å². The van der Waals surface area contributed by atoms with E-state index >= 15 is 0 Å². The first-order valence-electron chi connectivity index (χ1n) is 8.48. The lowest BCUT2D eigenvalue weighted by molar-refractivity contribution is 0.0213. The third-order valence-electron chi connectivity index (χ3n) is 4.36. The molecule has 0 N–H and O–H groups in total. The largest absolute Gasteiger partial charge is 0.433 e. The SMILES string of the molecule is CC(C)(CBr)C(Br)(Br)OC(=O)c1c(Cl)c(Cl)c(C(=O)OC(Br)(Br)C(C)(C)CBr)c(Cl)c1Cl. The number of benzene rings is 1. The van der Waals surface area contributed by atoms with Crippen LogP contribution in [0.25, 0.3) is 0 Å². The maximum atomic E-state index is 12.9. The highest BCUT2D eigenvalue weighted by molar-refractivity contribution is 9.25. The first kappa shape index (κ1) is 32.2. The van der Waals surface area contributed by atoms with Gasteiger partial charge in [-0.1, -0.05) is 106 Å². The second-order valence-corrected chi connectivity index (χ2v) is 17.1. The minimum absolute atomic E-state index is 0.293. The lowest BCUT2D eigenvalue weighted by Gasteiger charge is -2.36. The summed E-state index contributed by atoms with van der Waals surface area (Å²) in [5.74, 6) is -1.83. The third-order valence-corrected chi connectivity index (χ3v) is 13.8. The number of halogens is 10. The predicted octanol–water partition coefficient (Wildman–Crippen LogP) is 10.3. The maximum absolute atomic E-state index is 12.9. The van der Waals surface area contributed by atoms with Crippen molar-refractivity contribution in [1.82, 2.24) is 0 Å². The molecule has 4 nitrogen and oxygen atoms in total. The Morgan fingerprint density at radius 1 is 0.656 bits per heavy atom. The summed E-state index contributed by atoms with van der Waals surface area (Å²) in [5, 5.41) is -0.272. The molecule has 0 aliphatic heterocycles. The highest BCUT2D eigenvalue weighted by atomic mass is 79.9. The lowest BCUT2D eigenvalue weighted by Crippen LogP contribution is -2.39. The van der Waals surface area contributed by atoms with Crippen LogP contribution in [0.3, 0.4) is 0 Å². The van der Waals surface area contributed by atoms with Crippen LogP contribution in [0, 0.1) is 10.8 Å². The topological polar surface area (TPSA) is 52.6 Å². The Morgan fingerprint density at radius 2 is 0.875 bits per heavy atom. The fourth-order valence-electron chi connectivity index (χ4n) is 1.76. The van der Waals surface area contributed by atoms with Crippen LogP contribution < -0.4 is 0 Å². The second kappa shape index (κ2) is 11.7. The van der Waals surface area contributed by atoms with Gasteiger partial charge in [-0.05, 0) is 63.7 Å². The van der Waals surface area contributed by atoms with E-state index in [9.17, 15) is 9.59 Å². The van der Waals surface area contributed by atoms with Crippen LogP contribution in [0.5, 0.6) is 0 Å². The number of esters is 2. The molecule has 0 spiro atoms. The molecule has 0 atom stereocenters. The van der Waals surface area contributed by atoms with E-state index in [0.29, 0.717) is 10.7 Å². The molecule has 0 fully saturated rings. The van der Waals surface area contributed by atoms with Gasteiger partial charge in [-0.3, -0.25) is 0 Å². The monoisotopic (exact) mass is 909 g/mol. The number of carbonyl (C=O) groups excluding carboxylic acids is 2. The number of carbonyl (C=O) groups is 2. The fraction of sp³-hybridized carbons (Fsp3) is 0.556. The van der Waals surface area contributed by atoms with Gasteiger partial charge in [-0.15, -0.1) is 0 Å². The van der Waals surface area contributed by atoms with Gasteiger partial charge >= 0.3 is 11.9 Å². The van der Waals surface area contributed by atoms with Crippen LogP contribution in [-0.2, 0) is 9.47 Å². The Labute approximate surface area is 257 Å². The molecule has 32 heavy (non-hydrogen) atoms. The molecule has 182 valence electrons. The predicted molar refractivity (Wildman–Crippen MR) is 154 cm³/mol. The number of hydrogen-bond donors (Lipinski definition) is 0. The van der Waals surface area contributed by atoms with E-state index < -0.39 is 29.6 Å². The summed E-state index contributed by atoms with van der Waals surface area (Å²) in [5.41, 5.74) is -1.76. The molecule has 0 heterocycles. The first-order valence-corrected chi connectivity index (χ1v) is 15.4. The quantitative estimate of drug-likeness (QED) is 0.148. The average Bonchev–Trinajstić information content (AvgIpc) is 2.65. The van der Waals surface area contributed by atoms with Gasteiger partial charge in [-0.2, -0.15) is 0 Å². The van der Waals surface area contributed by atoms with Crippen molar-refractivity contribution in [2.75, 3.05) is 10.7 Å². The van der Waals surface area contributed by atoms with Crippen LogP contribution in [0.15, 0.2) is 0 Å². The normalized spacial score (nSPS) is 13.2. The van der Waals surface area contributed by atoms with Crippen molar-refractivity contribution < 1.29 is 19.1 Å². The third kappa shape index (κ3) is 6.74. The van der Waals surface area contributed by atoms with Crippen molar-refractivity contribution in [3.8, 4) is 0 Å². The van der Waals surface area contributed by atoms with Crippen LogP contribution in [-0.4, -0.2) is 29.4 Å². The number of hydrogen-bond acceptors (Lipinski definition) is 4. The minimum Gasteiger partial charge on any atom is -0.433 e. The molecular weight excluding hydrogens is 901 g/mol. The summed E-state index contributed by atoms with van der Waals surface area (Å²) >= 11 is 45.4. The molecule has 14 heteroatoms. The van der Waals surface area contributed by atoms with Crippen molar-refractivity contribution >= 4 is 154 Å². The number of alkyl halides is 6. The van der Waals surface area contributed by atoms with E-state index in [4.69, 9.17) is 55.9 Å². The molecule has 0 amide bonds. The molecule has 1 rings (SSSR count). The van der Waals surface area contributed by atoms with Crippen LogP contribution >= 0.6 is 142 Å². The second-order valence-electron chi connectivity index (χ2n) is 7.85. The summed E-state index contributed by atoms with van der Waals surface area (Å²) < 4.78 is 8.52. The fourth-order valence-corrected chi connectivity index (χ4v) is 6.36. The minimum atomic E-state index is -1.27. The molecule has 0 saturated carbocycles. The van der Waals surface area contributed by atoms with E-state index in [0.717, 1.165) is 0 Å². The van der Waals surface area contributed by atoms with Crippen molar-refractivity contribution in [3.05, 3.63) is 31.2 Å². The highest BCUT2D eigenvalue weighted by Gasteiger charge is 2.46. The van der Waals surface area contributed by atoms with E-state index in [1.54, 1.807) is 0 Å². The molecular formula is C18H16Br6Cl4O4. The Morgan fingerprint density at radius 3 is 1.06 bits per heavy atom. The summed E-state index contributed by atoms with van der Waals surface area (Å²) in [7, 11) is 0. The molecule has 0 bridgehead atoms. The zero-order valence-electron chi connectivity index (χ0n) is 16.8. The van der Waals surface area contributed by atoms with Crippen molar-refractivity contribution in [2.24, 2.45) is 10.8 Å². The molecule has 0 unspecified atom stereocenters. The number of ether oxygens (including phenoxy) is 2. The van der Waals surface area contributed by atoms with E-state index in [2.05, 4.69) is 95.6 Å². The molecule has 0 aliphatic rings. The van der Waals surface area contributed by atoms with Crippen molar-refractivity contribution in [3.63, 3.8) is 0 Å². The van der Waals surface area contributed by atoms with Gasteiger partial charge in [0.2, 0.25) is 6.84 Å². The van der Waals surface area contributed by atoms with E-state index in [1.807, 2.05) is 27.7 Å².